The topological polar surface area (TPSA) is 59.6 Å². The number of carbonyl (C=O) groups is 1. The van der Waals surface area contributed by atoms with Crippen molar-refractivity contribution in [2.75, 3.05) is 33.4 Å². The molecule has 0 unspecified atom stereocenters. The van der Waals surface area contributed by atoms with Gasteiger partial charge in [-0.2, -0.15) is 0 Å². The largest absolute Gasteiger partial charge is 0.457 e. The molecule has 0 aliphatic heterocycles. The van der Waals surface area contributed by atoms with E-state index in [1.54, 1.807) is 31.4 Å². The quantitative estimate of drug-likeness (QED) is 0.698. The van der Waals surface area contributed by atoms with Crippen LogP contribution >= 0.6 is 0 Å². The highest BCUT2D eigenvalue weighted by Crippen LogP contribution is 2.20. The number of hydrogen-bond donors (Lipinski definition) is 2. The summed E-state index contributed by atoms with van der Waals surface area (Å²) in [5.41, 5.74) is 0.613. The number of hydrogen-bond acceptors (Lipinski definition) is 4. The second kappa shape index (κ2) is 9.61. The van der Waals surface area contributed by atoms with Crippen LogP contribution in [0.2, 0.25) is 0 Å². The molecule has 2 aromatic carbocycles. The Kier molecular flexibility index (Phi) is 7.10. The molecule has 0 spiro atoms. The van der Waals surface area contributed by atoms with E-state index in [2.05, 4.69) is 10.6 Å². The second-order valence-electron chi connectivity index (χ2n) is 4.94. The zero-order chi connectivity index (χ0) is 16.3. The standard InChI is InChI=1S/C18H22N2O3/c1-22-14-13-19-11-12-20-18(21)15-7-9-17(10-8-15)23-16-5-3-2-4-6-16/h2-10,19H,11-14H2,1H3,(H,20,21). The van der Waals surface area contributed by atoms with Crippen LogP contribution in [0, 0.1) is 0 Å². The van der Waals surface area contributed by atoms with Crippen LogP contribution in [0.1, 0.15) is 10.4 Å². The summed E-state index contributed by atoms with van der Waals surface area (Å²) in [5, 5.41) is 6.03. The number of carbonyl (C=O) groups excluding carboxylic acids is 1. The molecular weight excluding hydrogens is 292 g/mol. The Bertz CT molecular complexity index is 585. The second-order valence-corrected chi connectivity index (χ2v) is 4.94. The van der Waals surface area contributed by atoms with Gasteiger partial charge in [-0.15, -0.1) is 0 Å². The van der Waals surface area contributed by atoms with E-state index in [1.165, 1.54) is 0 Å². The summed E-state index contributed by atoms with van der Waals surface area (Å²) in [6.07, 6.45) is 0. The molecule has 0 radical (unpaired) electrons. The maximum Gasteiger partial charge on any atom is 0.251 e. The van der Waals surface area contributed by atoms with Gasteiger partial charge in [0, 0.05) is 32.3 Å². The Hall–Kier alpha value is -2.37. The van der Waals surface area contributed by atoms with Crippen LogP contribution in [0.15, 0.2) is 54.6 Å². The molecular formula is C18H22N2O3. The average molecular weight is 314 g/mol. The van der Waals surface area contributed by atoms with Gasteiger partial charge in [-0.1, -0.05) is 18.2 Å². The van der Waals surface area contributed by atoms with Gasteiger partial charge in [0.2, 0.25) is 0 Å². The third kappa shape index (κ3) is 6.10. The third-order valence-corrected chi connectivity index (χ3v) is 3.17. The summed E-state index contributed by atoms with van der Waals surface area (Å²) in [7, 11) is 1.66. The predicted molar refractivity (Wildman–Crippen MR) is 90.0 cm³/mol. The Morgan fingerprint density at radius 2 is 1.61 bits per heavy atom. The first-order chi connectivity index (χ1) is 11.3. The van der Waals surface area contributed by atoms with Crippen molar-refractivity contribution >= 4 is 5.91 Å². The molecule has 5 nitrogen and oxygen atoms in total. The number of amides is 1. The van der Waals surface area contributed by atoms with Gasteiger partial charge in [0.1, 0.15) is 11.5 Å². The zero-order valence-corrected chi connectivity index (χ0v) is 13.2. The van der Waals surface area contributed by atoms with Crippen molar-refractivity contribution in [2.24, 2.45) is 0 Å². The van der Waals surface area contributed by atoms with E-state index in [-0.39, 0.29) is 5.91 Å². The minimum atomic E-state index is -0.0928. The molecule has 0 aliphatic rings. The lowest BCUT2D eigenvalue weighted by Crippen LogP contribution is -2.33. The van der Waals surface area contributed by atoms with Crippen molar-refractivity contribution in [1.82, 2.24) is 10.6 Å². The molecule has 2 rings (SSSR count). The summed E-state index contributed by atoms with van der Waals surface area (Å²) in [6, 6.07) is 16.6. The molecule has 2 N–H and O–H groups in total. The van der Waals surface area contributed by atoms with Crippen molar-refractivity contribution in [3.8, 4) is 11.5 Å². The number of rotatable bonds is 9. The molecule has 0 atom stereocenters. The number of nitrogens with one attached hydrogen (secondary N) is 2. The van der Waals surface area contributed by atoms with Crippen molar-refractivity contribution in [2.45, 2.75) is 0 Å². The first kappa shape index (κ1) is 17.0. The highest BCUT2D eigenvalue weighted by molar-refractivity contribution is 5.94. The maximum absolute atomic E-state index is 12.0. The fraction of sp³-hybridized carbons (Fsp3) is 0.278. The predicted octanol–water partition coefficient (Wildman–Crippen LogP) is 2.44. The summed E-state index contributed by atoms with van der Waals surface area (Å²) >= 11 is 0. The van der Waals surface area contributed by atoms with E-state index in [0.29, 0.717) is 31.0 Å². The van der Waals surface area contributed by atoms with Crippen LogP contribution in [0.25, 0.3) is 0 Å². The molecule has 0 saturated heterocycles. The van der Waals surface area contributed by atoms with Gasteiger partial charge in [-0.05, 0) is 36.4 Å². The number of para-hydroxylation sites is 1. The summed E-state index contributed by atoms with van der Waals surface area (Å²) in [6.45, 7) is 2.73. The zero-order valence-electron chi connectivity index (χ0n) is 13.2. The van der Waals surface area contributed by atoms with E-state index >= 15 is 0 Å². The minimum Gasteiger partial charge on any atom is -0.457 e. The summed E-state index contributed by atoms with van der Waals surface area (Å²) in [5.74, 6) is 1.38. The van der Waals surface area contributed by atoms with Crippen molar-refractivity contribution in [3.05, 3.63) is 60.2 Å². The molecule has 0 aromatic heterocycles. The smallest absolute Gasteiger partial charge is 0.251 e. The average Bonchev–Trinajstić information content (AvgIpc) is 2.59. The molecule has 0 heterocycles. The van der Waals surface area contributed by atoms with Crippen molar-refractivity contribution in [3.63, 3.8) is 0 Å². The fourth-order valence-electron chi connectivity index (χ4n) is 1.96. The van der Waals surface area contributed by atoms with Gasteiger partial charge >= 0.3 is 0 Å². The van der Waals surface area contributed by atoms with E-state index in [9.17, 15) is 4.79 Å². The van der Waals surface area contributed by atoms with Gasteiger partial charge in [-0.25, -0.2) is 0 Å². The maximum atomic E-state index is 12.0. The van der Waals surface area contributed by atoms with Crippen LogP contribution < -0.4 is 15.4 Å². The van der Waals surface area contributed by atoms with E-state index < -0.39 is 0 Å². The Balaban J connectivity index is 1.76. The molecule has 1 amide bonds. The lowest BCUT2D eigenvalue weighted by atomic mass is 10.2. The van der Waals surface area contributed by atoms with Gasteiger partial charge in [0.25, 0.3) is 5.91 Å². The Morgan fingerprint density at radius 3 is 2.30 bits per heavy atom. The lowest BCUT2D eigenvalue weighted by molar-refractivity contribution is 0.0953. The number of benzene rings is 2. The summed E-state index contributed by atoms with van der Waals surface area (Å²) in [4.78, 5) is 12.0. The minimum absolute atomic E-state index is 0.0928. The van der Waals surface area contributed by atoms with Gasteiger partial charge in [-0.3, -0.25) is 4.79 Å². The van der Waals surface area contributed by atoms with Crippen LogP contribution in [0.4, 0.5) is 0 Å². The number of ether oxygens (including phenoxy) is 2. The summed E-state index contributed by atoms with van der Waals surface area (Å²) < 4.78 is 10.6. The van der Waals surface area contributed by atoms with Crippen LogP contribution in [0.5, 0.6) is 11.5 Å². The molecule has 23 heavy (non-hydrogen) atoms. The Labute approximate surface area is 136 Å². The van der Waals surface area contributed by atoms with Gasteiger partial charge < -0.3 is 20.1 Å². The lowest BCUT2D eigenvalue weighted by Gasteiger charge is -2.08. The van der Waals surface area contributed by atoms with Crippen LogP contribution in [-0.2, 0) is 4.74 Å². The van der Waals surface area contributed by atoms with Gasteiger partial charge in [0.05, 0.1) is 6.61 Å². The molecule has 5 heteroatoms. The van der Waals surface area contributed by atoms with Crippen LogP contribution in [-0.4, -0.2) is 39.3 Å². The molecule has 122 valence electrons. The SMILES string of the molecule is COCCNCCNC(=O)c1ccc(Oc2ccccc2)cc1. The van der Waals surface area contributed by atoms with E-state index in [1.807, 2.05) is 30.3 Å². The molecule has 2 aromatic rings. The normalized spacial score (nSPS) is 10.3. The molecule has 0 aliphatic carbocycles. The number of methoxy groups -OCH3 is 1. The van der Waals surface area contributed by atoms with E-state index in [0.717, 1.165) is 12.3 Å². The highest BCUT2D eigenvalue weighted by atomic mass is 16.5. The molecule has 0 bridgehead atoms. The van der Waals surface area contributed by atoms with E-state index in [4.69, 9.17) is 9.47 Å². The molecule has 0 fully saturated rings. The first-order valence-corrected chi connectivity index (χ1v) is 7.60. The fourth-order valence-corrected chi connectivity index (χ4v) is 1.96. The third-order valence-electron chi connectivity index (χ3n) is 3.17. The molecule has 0 saturated carbocycles. The monoisotopic (exact) mass is 314 g/mol. The highest BCUT2D eigenvalue weighted by Gasteiger charge is 2.05. The van der Waals surface area contributed by atoms with Crippen LogP contribution in [0.3, 0.4) is 0 Å². The van der Waals surface area contributed by atoms with Gasteiger partial charge in [0.15, 0.2) is 0 Å². The van der Waals surface area contributed by atoms with Crippen molar-refractivity contribution in [1.29, 1.82) is 0 Å². The van der Waals surface area contributed by atoms with Crippen molar-refractivity contribution < 1.29 is 14.3 Å². The first-order valence-electron chi connectivity index (χ1n) is 7.60. The Morgan fingerprint density at radius 1 is 0.913 bits per heavy atom.